The minimum absolute atomic E-state index is 0.105. The Morgan fingerprint density at radius 2 is 1.88 bits per heavy atom. The fourth-order valence-electron chi connectivity index (χ4n) is 3.11. The molecule has 0 saturated carbocycles. The standard InChI is InChI=1S/C19H15ClN4O/c1-12(25)24-19(11-17(23-24)14-4-2-3-5-15(14)20)13-6-7-16-18(10-13)22-9-8-21-16/h2-10,19H,11H2,1H3/t19-/m1/s1. The molecule has 1 atom stereocenters. The first-order chi connectivity index (χ1) is 12.1. The van der Waals surface area contributed by atoms with Crippen molar-refractivity contribution in [1.82, 2.24) is 15.0 Å². The van der Waals surface area contributed by atoms with Crippen LogP contribution in [0.4, 0.5) is 0 Å². The Morgan fingerprint density at radius 1 is 1.12 bits per heavy atom. The fraction of sp³-hybridized carbons (Fsp3) is 0.158. The lowest BCUT2D eigenvalue weighted by Gasteiger charge is -2.20. The Labute approximate surface area is 150 Å². The van der Waals surface area contributed by atoms with E-state index in [0.29, 0.717) is 11.4 Å². The molecule has 3 aromatic rings. The van der Waals surface area contributed by atoms with E-state index in [9.17, 15) is 4.79 Å². The molecule has 0 unspecified atom stereocenters. The minimum Gasteiger partial charge on any atom is -0.273 e. The lowest BCUT2D eigenvalue weighted by Crippen LogP contribution is -2.24. The van der Waals surface area contributed by atoms with Gasteiger partial charge in [0.1, 0.15) is 0 Å². The van der Waals surface area contributed by atoms with Gasteiger partial charge in [-0.3, -0.25) is 14.8 Å². The molecule has 6 heteroatoms. The summed E-state index contributed by atoms with van der Waals surface area (Å²) in [5, 5.41) is 6.69. The number of amides is 1. The first-order valence-electron chi connectivity index (χ1n) is 7.96. The van der Waals surface area contributed by atoms with Crippen molar-refractivity contribution in [3.8, 4) is 0 Å². The van der Waals surface area contributed by atoms with Crippen molar-refractivity contribution < 1.29 is 4.79 Å². The summed E-state index contributed by atoms with van der Waals surface area (Å²) in [6.45, 7) is 1.52. The summed E-state index contributed by atoms with van der Waals surface area (Å²) in [6, 6.07) is 13.2. The van der Waals surface area contributed by atoms with E-state index in [1.165, 1.54) is 11.9 Å². The van der Waals surface area contributed by atoms with Crippen molar-refractivity contribution >= 4 is 34.3 Å². The Balaban J connectivity index is 1.74. The van der Waals surface area contributed by atoms with E-state index < -0.39 is 0 Å². The van der Waals surface area contributed by atoms with Crippen LogP contribution < -0.4 is 0 Å². The summed E-state index contributed by atoms with van der Waals surface area (Å²) in [7, 11) is 0. The number of hydrogen-bond donors (Lipinski definition) is 0. The molecule has 1 aliphatic heterocycles. The number of nitrogens with zero attached hydrogens (tertiary/aromatic N) is 4. The molecule has 1 aromatic heterocycles. The van der Waals surface area contributed by atoms with Crippen LogP contribution in [0.3, 0.4) is 0 Å². The van der Waals surface area contributed by atoms with Gasteiger partial charge in [-0.1, -0.05) is 35.9 Å². The van der Waals surface area contributed by atoms with Gasteiger partial charge in [-0.25, -0.2) is 5.01 Å². The predicted molar refractivity (Wildman–Crippen MR) is 97.4 cm³/mol. The van der Waals surface area contributed by atoms with Crippen LogP contribution in [0.25, 0.3) is 11.0 Å². The van der Waals surface area contributed by atoms with Gasteiger partial charge >= 0.3 is 0 Å². The highest BCUT2D eigenvalue weighted by molar-refractivity contribution is 6.34. The number of hydrazone groups is 1. The molecule has 0 saturated heterocycles. The molecule has 0 fully saturated rings. The summed E-state index contributed by atoms with van der Waals surface area (Å²) in [6.07, 6.45) is 3.93. The van der Waals surface area contributed by atoms with Crippen molar-refractivity contribution in [2.45, 2.75) is 19.4 Å². The highest BCUT2D eigenvalue weighted by Crippen LogP contribution is 2.35. The molecule has 2 heterocycles. The summed E-state index contributed by atoms with van der Waals surface area (Å²) >= 11 is 6.30. The van der Waals surface area contributed by atoms with E-state index in [2.05, 4.69) is 15.1 Å². The van der Waals surface area contributed by atoms with E-state index in [1.54, 1.807) is 12.4 Å². The van der Waals surface area contributed by atoms with Crippen LogP contribution >= 0.6 is 11.6 Å². The molecular weight excluding hydrogens is 336 g/mol. The van der Waals surface area contributed by atoms with Crippen LogP contribution in [0.2, 0.25) is 5.02 Å². The number of benzene rings is 2. The van der Waals surface area contributed by atoms with Crippen LogP contribution in [0.5, 0.6) is 0 Å². The average Bonchev–Trinajstić information content (AvgIpc) is 3.07. The number of fused-ring (bicyclic) bond motifs is 1. The van der Waals surface area contributed by atoms with Crippen molar-refractivity contribution in [3.05, 3.63) is 71.0 Å². The lowest BCUT2D eigenvalue weighted by atomic mass is 9.98. The maximum absolute atomic E-state index is 12.1. The Kier molecular flexibility index (Phi) is 3.93. The molecule has 0 N–H and O–H groups in total. The molecule has 1 amide bonds. The number of carbonyl (C=O) groups excluding carboxylic acids is 1. The first-order valence-corrected chi connectivity index (χ1v) is 8.34. The number of hydrogen-bond acceptors (Lipinski definition) is 4. The molecule has 0 bridgehead atoms. The SMILES string of the molecule is CC(=O)N1N=C(c2ccccc2Cl)C[C@@H]1c1ccc2nccnc2c1. The summed E-state index contributed by atoms with van der Waals surface area (Å²) in [5.41, 5.74) is 4.28. The van der Waals surface area contributed by atoms with E-state index in [0.717, 1.165) is 27.9 Å². The van der Waals surface area contributed by atoms with Gasteiger partial charge in [0.2, 0.25) is 5.91 Å². The zero-order valence-corrected chi connectivity index (χ0v) is 14.3. The highest BCUT2D eigenvalue weighted by Gasteiger charge is 2.32. The largest absolute Gasteiger partial charge is 0.273 e. The van der Waals surface area contributed by atoms with Gasteiger partial charge in [0.25, 0.3) is 0 Å². The third-order valence-electron chi connectivity index (χ3n) is 4.30. The number of halogens is 1. The van der Waals surface area contributed by atoms with Gasteiger partial charge in [-0.05, 0) is 23.8 Å². The molecule has 0 radical (unpaired) electrons. The summed E-state index contributed by atoms with van der Waals surface area (Å²) in [5.74, 6) is -0.105. The number of carbonyl (C=O) groups is 1. The topological polar surface area (TPSA) is 58.5 Å². The van der Waals surface area contributed by atoms with Crippen molar-refractivity contribution in [2.24, 2.45) is 5.10 Å². The maximum atomic E-state index is 12.1. The van der Waals surface area contributed by atoms with Gasteiger partial charge in [0.05, 0.1) is 22.8 Å². The summed E-state index contributed by atoms with van der Waals surface area (Å²) in [4.78, 5) is 20.8. The van der Waals surface area contributed by atoms with Gasteiger partial charge in [-0.15, -0.1) is 0 Å². The van der Waals surface area contributed by atoms with E-state index in [4.69, 9.17) is 11.6 Å². The molecule has 0 aliphatic carbocycles. The Morgan fingerprint density at radius 3 is 2.64 bits per heavy atom. The lowest BCUT2D eigenvalue weighted by molar-refractivity contribution is -0.130. The van der Waals surface area contributed by atoms with Gasteiger partial charge < -0.3 is 0 Å². The van der Waals surface area contributed by atoms with Gasteiger partial charge in [0.15, 0.2) is 0 Å². The molecule has 124 valence electrons. The average molecular weight is 351 g/mol. The van der Waals surface area contributed by atoms with Crippen molar-refractivity contribution in [1.29, 1.82) is 0 Å². The minimum atomic E-state index is -0.171. The van der Waals surface area contributed by atoms with Gasteiger partial charge in [0, 0.05) is 36.3 Å². The zero-order chi connectivity index (χ0) is 17.4. The molecular formula is C19H15ClN4O. The highest BCUT2D eigenvalue weighted by atomic mass is 35.5. The monoisotopic (exact) mass is 350 g/mol. The van der Waals surface area contributed by atoms with Crippen LogP contribution in [0, 0.1) is 0 Å². The summed E-state index contributed by atoms with van der Waals surface area (Å²) < 4.78 is 0. The molecule has 4 rings (SSSR count). The fourth-order valence-corrected chi connectivity index (χ4v) is 3.35. The predicted octanol–water partition coefficient (Wildman–Crippen LogP) is 3.98. The van der Waals surface area contributed by atoms with Crippen LogP contribution in [0.15, 0.2) is 60.0 Å². The van der Waals surface area contributed by atoms with E-state index in [-0.39, 0.29) is 11.9 Å². The van der Waals surface area contributed by atoms with Crippen molar-refractivity contribution in [2.75, 3.05) is 0 Å². The normalized spacial score (nSPS) is 17.0. The zero-order valence-electron chi connectivity index (χ0n) is 13.6. The van der Waals surface area contributed by atoms with E-state index in [1.807, 2.05) is 42.5 Å². The van der Waals surface area contributed by atoms with Gasteiger partial charge in [-0.2, -0.15) is 5.10 Å². The molecule has 2 aromatic carbocycles. The second-order valence-corrected chi connectivity index (χ2v) is 6.32. The third-order valence-corrected chi connectivity index (χ3v) is 4.63. The second kappa shape index (κ2) is 6.26. The first kappa shape index (κ1) is 15.7. The van der Waals surface area contributed by atoms with Crippen molar-refractivity contribution in [3.63, 3.8) is 0 Å². The van der Waals surface area contributed by atoms with Crippen LogP contribution in [-0.4, -0.2) is 26.6 Å². The van der Waals surface area contributed by atoms with Crippen LogP contribution in [-0.2, 0) is 4.79 Å². The molecule has 25 heavy (non-hydrogen) atoms. The smallest absolute Gasteiger partial charge is 0.240 e. The van der Waals surface area contributed by atoms with E-state index >= 15 is 0 Å². The third kappa shape index (κ3) is 2.87. The molecule has 0 spiro atoms. The quantitative estimate of drug-likeness (QED) is 0.702. The molecule has 5 nitrogen and oxygen atoms in total. The number of rotatable bonds is 2. The second-order valence-electron chi connectivity index (χ2n) is 5.91. The Hall–Kier alpha value is -2.79. The maximum Gasteiger partial charge on any atom is 0.240 e. The van der Waals surface area contributed by atoms with Crippen LogP contribution in [0.1, 0.15) is 30.5 Å². The Bertz CT molecular complexity index is 1000. The number of aromatic nitrogens is 2. The molecule has 1 aliphatic rings.